The molecule has 3 N–H and O–H groups in total. The second-order valence-electron chi connectivity index (χ2n) is 4.54. The number of hydrogen-bond donors (Lipinski definition) is 2. The van der Waals surface area contributed by atoms with Gasteiger partial charge in [0.1, 0.15) is 6.04 Å². The molecule has 0 saturated carbocycles. The predicted molar refractivity (Wildman–Crippen MR) is 67.8 cm³/mol. The number of nitriles is 1. The molecule has 114 valence electrons. The number of aliphatic hydroxyl groups is 1. The summed E-state index contributed by atoms with van der Waals surface area (Å²) in [6.45, 7) is -0.795. The Kier molecular flexibility index (Phi) is 5.29. The topological polar surface area (TPSA) is 90.3 Å². The summed E-state index contributed by atoms with van der Waals surface area (Å²) in [5, 5.41) is 17.7. The van der Waals surface area contributed by atoms with Crippen molar-refractivity contribution >= 4 is 5.91 Å². The molecule has 1 amide bonds. The number of amides is 1. The van der Waals surface area contributed by atoms with Gasteiger partial charge in [-0.3, -0.25) is 9.69 Å². The summed E-state index contributed by atoms with van der Waals surface area (Å²) in [6.07, 6.45) is -7.36. The second kappa shape index (κ2) is 6.56. The van der Waals surface area contributed by atoms with Gasteiger partial charge in [-0.1, -0.05) is 12.1 Å². The number of alkyl halides is 3. The first kappa shape index (κ1) is 16.9. The van der Waals surface area contributed by atoms with Crippen molar-refractivity contribution in [3.8, 4) is 6.07 Å². The average molecular weight is 301 g/mol. The first-order chi connectivity index (χ1) is 9.66. The Labute approximate surface area is 119 Å². The Morgan fingerprint density at radius 3 is 2.33 bits per heavy atom. The zero-order valence-electron chi connectivity index (χ0n) is 11.1. The molecule has 0 aliphatic heterocycles. The maximum absolute atomic E-state index is 12.3. The maximum Gasteiger partial charge on any atom is 0.415 e. The highest BCUT2D eigenvalue weighted by Gasteiger charge is 2.40. The quantitative estimate of drug-likeness (QED) is 0.847. The van der Waals surface area contributed by atoms with E-state index in [0.29, 0.717) is 11.1 Å². The van der Waals surface area contributed by atoms with E-state index in [0.717, 1.165) is 4.90 Å². The first-order valence-electron chi connectivity index (χ1n) is 5.91. The molecule has 0 aromatic heterocycles. The third kappa shape index (κ3) is 4.44. The number of aliphatic hydroxyl groups excluding tert-OH is 1. The first-order valence-corrected chi connectivity index (χ1v) is 5.91. The minimum atomic E-state index is -4.78. The van der Waals surface area contributed by atoms with E-state index in [1.165, 1.54) is 31.3 Å². The number of hydrogen-bond acceptors (Lipinski definition) is 4. The number of carbonyl (C=O) groups is 1. The van der Waals surface area contributed by atoms with Gasteiger partial charge in [0.15, 0.2) is 6.10 Å². The van der Waals surface area contributed by atoms with Crippen molar-refractivity contribution in [3.63, 3.8) is 0 Å². The van der Waals surface area contributed by atoms with Crippen molar-refractivity contribution < 1.29 is 23.1 Å². The lowest BCUT2D eigenvalue weighted by Gasteiger charge is -2.28. The molecule has 0 aliphatic carbocycles. The lowest BCUT2D eigenvalue weighted by atomic mass is 10.0. The molecule has 1 rings (SSSR count). The van der Waals surface area contributed by atoms with E-state index < -0.39 is 30.8 Å². The largest absolute Gasteiger partial charge is 0.415 e. The molecule has 1 aromatic rings. The molecule has 0 aliphatic rings. The van der Waals surface area contributed by atoms with Gasteiger partial charge in [0.05, 0.1) is 11.6 Å². The standard InChI is InChI=1S/C13H14F3N3O2/c1-19(7-10(20)13(14,15)16)11(12(18)21)9-4-2-8(6-17)3-5-9/h2-5,10-11,20H,7H2,1H3,(H2,18,21). The van der Waals surface area contributed by atoms with Crippen molar-refractivity contribution in [1.82, 2.24) is 4.90 Å². The molecule has 5 nitrogen and oxygen atoms in total. The van der Waals surface area contributed by atoms with Gasteiger partial charge in [-0.15, -0.1) is 0 Å². The number of rotatable bonds is 5. The van der Waals surface area contributed by atoms with Gasteiger partial charge >= 0.3 is 6.18 Å². The van der Waals surface area contributed by atoms with Crippen molar-refractivity contribution in [2.45, 2.75) is 18.3 Å². The van der Waals surface area contributed by atoms with Crippen LogP contribution in [-0.4, -0.2) is 41.8 Å². The van der Waals surface area contributed by atoms with Gasteiger partial charge in [0.2, 0.25) is 5.91 Å². The number of nitrogens with two attached hydrogens (primary N) is 1. The van der Waals surface area contributed by atoms with E-state index in [9.17, 15) is 18.0 Å². The summed E-state index contributed by atoms with van der Waals surface area (Å²) >= 11 is 0. The average Bonchev–Trinajstić information content (AvgIpc) is 2.38. The van der Waals surface area contributed by atoms with Gasteiger partial charge in [-0.2, -0.15) is 18.4 Å². The van der Waals surface area contributed by atoms with Crippen LogP contribution in [-0.2, 0) is 4.79 Å². The Morgan fingerprint density at radius 2 is 1.95 bits per heavy atom. The number of carbonyl (C=O) groups excluding carboxylic acids is 1. The summed E-state index contributed by atoms with van der Waals surface area (Å²) in [5.41, 5.74) is 5.91. The van der Waals surface area contributed by atoms with Gasteiger partial charge in [-0.05, 0) is 24.7 Å². The molecule has 8 heteroatoms. The van der Waals surface area contributed by atoms with E-state index >= 15 is 0 Å². The van der Waals surface area contributed by atoms with Gasteiger partial charge in [0, 0.05) is 6.54 Å². The molecule has 0 spiro atoms. The highest BCUT2D eigenvalue weighted by Crippen LogP contribution is 2.24. The minimum Gasteiger partial charge on any atom is -0.382 e. The lowest BCUT2D eigenvalue weighted by Crippen LogP contribution is -2.44. The molecule has 0 saturated heterocycles. The molecular weight excluding hydrogens is 287 g/mol. The van der Waals surface area contributed by atoms with Gasteiger partial charge < -0.3 is 10.8 Å². The van der Waals surface area contributed by atoms with Crippen LogP contribution in [0.1, 0.15) is 17.2 Å². The lowest BCUT2D eigenvalue weighted by molar-refractivity contribution is -0.208. The summed E-state index contributed by atoms with van der Waals surface area (Å²) in [5.74, 6) is -0.850. The summed E-state index contributed by atoms with van der Waals surface area (Å²) in [7, 11) is 1.25. The fourth-order valence-electron chi connectivity index (χ4n) is 1.86. The third-order valence-electron chi connectivity index (χ3n) is 2.90. The normalized spacial score (nSPS) is 14.5. The zero-order chi connectivity index (χ0) is 16.2. The fraction of sp³-hybridized carbons (Fsp3) is 0.385. The van der Waals surface area contributed by atoms with Crippen LogP contribution in [0.15, 0.2) is 24.3 Å². The molecule has 1 aromatic carbocycles. The SMILES string of the molecule is CN(CC(O)C(F)(F)F)C(C(N)=O)c1ccc(C#N)cc1. The van der Waals surface area contributed by atoms with Crippen LogP contribution in [0.4, 0.5) is 13.2 Å². The van der Waals surface area contributed by atoms with Crippen molar-refractivity contribution in [2.24, 2.45) is 5.73 Å². The Hall–Kier alpha value is -2.11. The number of nitrogens with zero attached hydrogens (tertiary/aromatic N) is 2. The summed E-state index contributed by atoms with van der Waals surface area (Å²) < 4.78 is 37.0. The molecule has 0 heterocycles. The second-order valence-corrected chi connectivity index (χ2v) is 4.54. The van der Waals surface area contributed by atoms with E-state index in [2.05, 4.69) is 0 Å². The van der Waals surface area contributed by atoms with Crippen LogP contribution >= 0.6 is 0 Å². The Morgan fingerprint density at radius 1 is 1.43 bits per heavy atom. The summed E-state index contributed by atoms with van der Waals surface area (Å²) in [4.78, 5) is 12.5. The monoisotopic (exact) mass is 301 g/mol. The van der Waals surface area contributed by atoms with E-state index in [-0.39, 0.29) is 0 Å². The Balaban J connectivity index is 2.96. The fourth-order valence-corrected chi connectivity index (χ4v) is 1.86. The van der Waals surface area contributed by atoms with Crippen molar-refractivity contribution in [2.75, 3.05) is 13.6 Å². The van der Waals surface area contributed by atoms with Crippen LogP contribution in [0, 0.1) is 11.3 Å². The van der Waals surface area contributed by atoms with E-state index in [4.69, 9.17) is 16.1 Å². The molecule has 0 fully saturated rings. The van der Waals surface area contributed by atoms with E-state index in [1.54, 1.807) is 0 Å². The third-order valence-corrected chi connectivity index (χ3v) is 2.90. The van der Waals surface area contributed by atoms with Gasteiger partial charge in [-0.25, -0.2) is 0 Å². The molecule has 2 unspecified atom stereocenters. The highest BCUT2D eigenvalue weighted by atomic mass is 19.4. The molecular formula is C13H14F3N3O2. The molecule has 2 atom stereocenters. The number of likely N-dealkylation sites (N-methyl/N-ethyl adjacent to an activating group) is 1. The van der Waals surface area contributed by atoms with Crippen molar-refractivity contribution in [3.05, 3.63) is 35.4 Å². The molecule has 21 heavy (non-hydrogen) atoms. The van der Waals surface area contributed by atoms with Crippen LogP contribution in [0.2, 0.25) is 0 Å². The van der Waals surface area contributed by atoms with Crippen LogP contribution in [0.3, 0.4) is 0 Å². The maximum atomic E-state index is 12.3. The number of primary amides is 1. The predicted octanol–water partition coefficient (Wildman–Crippen LogP) is 0.940. The number of benzene rings is 1. The smallest absolute Gasteiger partial charge is 0.382 e. The van der Waals surface area contributed by atoms with Gasteiger partial charge in [0.25, 0.3) is 0 Å². The van der Waals surface area contributed by atoms with Crippen molar-refractivity contribution in [1.29, 1.82) is 5.26 Å². The highest BCUT2D eigenvalue weighted by molar-refractivity contribution is 5.81. The van der Waals surface area contributed by atoms with Crippen LogP contribution < -0.4 is 5.73 Å². The molecule has 0 radical (unpaired) electrons. The minimum absolute atomic E-state index is 0.346. The van der Waals surface area contributed by atoms with Crippen LogP contribution in [0.5, 0.6) is 0 Å². The molecule has 0 bridgehead atoms. The summed E-state index contributed by atoms with van der Waals surface area (Å²) in [6, 6.07) is 6.48. The van der Waals surface area contributed by atoms with E-state index in [1.807, 2.05) is 6.07 Å². The van der Waals surface area contributed by atoms with Crippen LogP contribution in [0.25, 0.3) is 0 Å². The number of halogens is 3. The Bertz CT molecular complexity index is 537. The zero-order valence-corrected chi connectivity index (χ0v) is 11.1.